The van der Waals surface area contributed by atoms with E-state index < -0.39 is 48.0 Å². The zero-order chi connectivity index (χ0) is 29.1. The molecule has 40 heavy (non-hydrogen) atoms. The second-order valence-electron chi connectivity index (χ2n) is 10.5. The van der Waals surface area contributed by atoms with Gasteiger partial charge in [0.1, 0.15) is 18.7 Å². The van der Waals surface area contributed by atoms with Gasteiger partial charge in [-0.15, -0.1) is 0 Å². The van der Waals surface area contributed by atoms with E-state index in [4.69, 9.17) is 10.5 Å². The van der Waals surface area contributed by atoms with E-state index in [0.29, 0.717) is 25.8 Å². The molecule has 1 saturated carbocycles. The fourth-order valence-corrected chi connectivity index (χ4v) is 5.56. The van der Waals surface area contributed by atoms with E-state index in [-0.39, 0.29) is 37.8 Å². The summed E-state index contributed by atoms with van der Waals surface area (Å²) in [7, 11) is 0. The van der Waals surface area contributed by atoms with Crippen molar-refractivity contribution in [3.8, 4) is 0 Å². The Labute approximate surface area is 233 Å². The molecule has 220 valence electrons. The number of benzene rings is 1. The van der Waals surface area contributed by atoms with Gasteiger partial charge in [-0.25, -0.2) is 14.4 Å². The minimum Gasteiger partial charge on any atom is -0.480 e. The molecule has 0 aromatic heterocycles. The van der Waals surface area contributed by atoms with Gasteiger partial charge in [0.05, 0.1) is 6.04 Å². The van der Waals surface area contributed by atoms with Crippen LogP contribution in [0.3, 0.4) is 0 Å². The predicted molar refractivity (Wildman–Crippen MR) is 144 cm³/mol. The normalized spacial score (nSPS) is 21.5. The fraction of sp³-hybridized carbons (Fsp3) is 0.607. The molecule has 0 bridgehead atoms. The number of amides is 3. The standard InChI is InChI=1S/C28H40N4O8/c29-20(11-6-7-15-30-28(39)40-17-18-8-2-1-3-9-18)25(34)31-21(26(35)36)13-14-24(33)32-22-12-5-4-10-19(22)16-23(32)27(37)38/h1-3,8-9,19-23H,4-7,10-17,29H2,(H,30,39)(H,31,34)(H,35,36)(H,37,38)/t19-,20-,21+,22-,23-/m0/s1. The van der Waals surface area contributed by atoms with E-state index >= 15 is 0 Å². The van der Waals surface area contributed by atoms with E-state index in [1.807, 2.05) is 30.3 Å². The maximum Gasteiger partial charge on any atom is 0.407 e. The first-order chi connectivity index (χ1) is 19.2. The summed E-state index contributed by atoms with van der Waals surface area (Å²) in [5, 5.41) is 24.3. The Hall–Kier alpha value is -3.67. The molecule has 0 spiro atoms. The Morgan fingerprint density at radius 3 is 2.45 bits per heavy atom. The monoisotopic (exact) mass is 560 g/mol. The number of unbranched alkanes of at least 4 members (excludes halogenated alkanes) is 1. The SMILES string of the molecule is N[C@@H](CCCCNC(=O)OCc1ccccc1)C(=O)N[C@H](CCC(=O)N1[C@H](C(=O)O)C[C@@H]2CCCC[C@@H]21)C(=O)O. The molecular formula is C28H40N4O8. The summed E-state index contributed by atoms with van der Waals surface area (Å²) in [6.07, 6.45) is 4.42. The Morgan fingerprint density at radius 2 is 1.75 bits per heavy atom. The van der Waals surface area contributed by atoms with Gasteiger partial charge in [0.25, 0.3) is 0 Å². The van der Waals surface area contributed by atoms with Gasteiger partial charge in [0.2, 0.25) is 11.8 Å². The van der Waals surface area contributed by atoms with Crippen LogP contribution in [0.5, 0.6) is 0 Å². The van der Waals surface area contributed by atoms with Crippen molar-refractivity contribution in [1.29, 1.82) is 0 Å². The predicted octanol–water partition coefficient (Wildman–Crippen LogP) is 2.00. The number of hydrogen-bond donors (Lipinski definition) is 5. The van der Waals surface area contributed by atoms with E-state index in [1.54, 1.807) is 0 Å². The van der Waals surface area contributed by atoms with Gasteiger partial charge in [-0.05, 0) is 56.4 Å². The van der Waals surface area contributed by atoms with Crippen molar-refractivity contribution in [3.05, 3.63) is 35.9 Å². The lowest BCUT2D eigenvalue weighted by Gasteiger charge is -2.33. The number of carbonyl (C=O) groups is 5. The van der Waals surface area contributed by atoms with E-state index in [1.165, 1.54) is 4.90 Å². The summed E-state index contributed by atoms with van der Waals surface area (Å²) in [6.45, 7) is 0.491. The van der Waals surface area contributed by atoms with Crippen molar-refractivity contribution < 1.29 is 38.9 Å². The molecule has 1 aliphatic carbocycles. The molecule has 3 rings (SSSR count). The van der Waals surface area contributed by atoms with Crippen LogP contribution in [0.1, 0.15) is 69.8 Å². The quantitative estimate of drug-likeness (QED) is 0.212. The lowest BCUT2D eigenvalue weighted by atomic mass is 9.84. The molecule has 6 N–H and O–H groups in total. The van der Waals surface area contributed by atoms with Gasteiger partial charge < -0.3 is 36.2 Å². The molecule has 0 radical (unpaired) electrons. The summed E-state index contributed by atoms with van der Waals surface area (Å²) in [5.41, 5.74) is 6.81. The highest BCUT2D eigenvalue weighted by atomic mass is 16.5. The minimum atomic E-state index is -1.32. The minimum absolute atomic E-state index is 0.131. The molecule has 1 heterocycles. The molecule has 1 aromatic carbocycles. The van der Waals surface area contributed by atoms with Crippen molar-refractivity contribution in [2.24, 2.45) is 11.7 Å². The Morgan fingerprint density at radius 1 is 1.02 bits per heavy atom. The number of fused-ring (bicyclic) bond motifs is 1. The number of hydrogen-bond acceptors (Lipinski definition) is 7. The van der Waals surface area contributed by atoms with E-state index in [0.717, 1.165) is 31.2 Å². The highest BCUT2D eigenvalue weighted by molar-refractivity contribution is 5.88. The third-order valence-electron chi connectivity index (χ3n) is 7.68. The number of nitrogens with zero attached hydrogens (tertiary/aromatic N) is 1. The summed E-state index contributed by atoms with van der Waals surface area (Å²) in [5.74, 6) is -3.23. The molecule has 0 unspecified atom stereocenters. The molecule has 2 fully saturated rings. The topological polar surface area (TPSA) is 188 Å². The number of ether oxygens (including phenoxy) is 1. The van der Waals surface area contributed by atoms with Crippen molar-refractivity contribution in [2.45, 2.75) is 95.0 Å². The van der Waals surface area contributed by atoms with Crippen LogP contribution in [0.4, 0.5) is 4.79 Å². The van der Waals surface area contributed by atoms with E-state index in [9.17, 15) is 34.2 Å². The van der Waals surface area contributed by atoms with Crippen molar-refractivity contribution >= 4 is 29.8 Å². The highest BCUT2D eigenvalue weighted by Gasteiger charge is 2.47. The van der Waals surface area contributed by atoms with Crippen molar-refractivity contribution in [2.75, 3.05) is 6.54 Å². The van der Waals surface area contributed by atoms with Gasteiger partial charge in [0.15, 0.2) is 0 Å². The number of aliphatic carboxylic acids is 2. The molecule has 3 amide bonds. The average molecular weight is 561 g/mol. The molecule has 1 aliphatic heterocycles. The number of alkyl carbamates (subject to hydrolysis) is 1. The molecule has 12 nitrogen and oxygen atoms in total. The molecule has 12 heteroatoms. The second-order valence-corrected chi connectivity index (χ2v) is 10.5. The highest BCUT2D eigenvalue weighted by Crippen LogP contribution is 2.40. The smallest absolute Gasteiger partial charge is 0.407 e. The lowest BCUT2D eigenvalue weighted by molar-refractivity contribution is -0.150. The van der Waals surface area contributed by atoms with Gasteiger partial charge in [-0.2, -0.15) is 0 Å². The van der Waals surface area contributed by atoms with Crippen LogP contribution in [0.2, 0.25) is 0 Å². The Bertz CT molecular complexity index is 1040. The largest absolute Gasteiger partial charge is 0.480 e. The third kappa shape index (κ3) is 8.94. The second kappa shape index (κ2) is 15.2. The zero-order valence-corrected chi connectivity index (χ0v) is 22.6. The average Bonchev–Trinajstić information content (AvgIpc) is 3.34. The number of carboxylic acids is 2. The van der Waals surface area contributed by atoms with Crippen LogP contribution >= 0.6 is 0 Å². The summed E-state index contributed by atoms with van der Waals surface area (Å²) >= 11 is 0. The third-order valence-corrected chi connectivity index (χ3v) is 7.68. The van der Waals surface area contributed by atoms with E-state index in [2.05, 4.69) is 10.6 Å². The molecule has 5 atom stereocenters. The van der Waals surface area contributed by atoms with Crippen LogP contribution < -0.4 is 16.4 Å². The lowest BCUT2D eigenvalue weighted by Crippen LogP contribution is -2.50. The maximum absolute atomic E-state index is 13.0. The number of carboxylic acid groups (broad SMARTS) is 2. The summed E-state index contributed by atoms with van der Waals surface area (Å²) in [4.78, 5) is 62.3. The molecule has 1 saturated heterocycles. The number of rotatable bonds is 14. The van der Waals surface area contributed by atoms with Crippen LogP contribution in [0.25, 0.3) is 0 Å². The van der Waals surface area contributed by atoms with Crippen LogP contribution in [-0.2, 0) is 30.5 Å². The van der Waals surface area contributed by atoms with Gasteiger partial charge >= 0.3 is 18.0 Å². The van der Waals surface area contributed by atoms with Crippen LogP contribution in [-0.4, -0.2) is 75.7 Å². The zero-order valence-electron chi connectivity index (χ0n) is 22.6. The number of likely N-dealkylation sites (tertiary alicyclic amines) is 1. The number of nitrogens with two attached hydrogens (primary N) is 1. The van der Waals surface area contributed by atoms with Crippen LogP contribution in [0, 0.1) is 5.92 Å². The summed E-state index contributed by atoms with van der Waals surface area (Å²) in [6, 6.07) is 5.96. The molecular weight excluding hydrogens is 520 g/mol. The first-order valence-corrected chi connectivity index (χ1v) is 13.9. The van der Waals surface area contributed by atoms with Crippen molar-refractivity contribution in [3.63, 3.8) is 0 Å². The molecule has 2 aliphatic rings. The van der Waals surface area contributed by atoms with Crippen LogP contribution in [0.15, 0.2) is 30.3 Å². The van der Waals surface area contributed by atoms with Crippen molar-refractivity contribution in [1.82, 2.24) is 15.5 Å². The number of nitrogens with one attached hydrogen (secondary N) is 2. The first kappa shape index (κ1) is 30.9. The Kier molecular flexibility index (Phi) is 11.7. The fourth-order valence-electron chi connectivity index (χ4n) is 5.56. The first-order valence-electron chi connectivity index (χ1n) is 13.9. The molecule has 1 aromatic rings. The van der Waals surface area contributed by atoms with Gasteiger partial charge in [-0.3, -0.25) is 9.59 Å². The summed E-state index contributed by atoms with van der Waals surface area (Å²) < 4.78 is 5.13. The van der Waals surface area contributed by atoms with Gasteiger partial charge in [-0.1, -0.05) is 43.2 Å². The van der Waals surface area contributed by atoms with Gasteiger partial charge in [0, 0.05) is 19.0 Å². The maximum atomic E-state index is 13.0. The number of carbonyl (C=O) groups excluding carboxylic acids is 3. The Balaban J connectivity index is 1.37.